The molecule has 0 saturated carbocycles. The van der Waals surface area contributed by atoms with Gasteiger partial charge >= 0.3 is 6.18 Å². The lowest BCUT2D eigenvalue weighted by atomic mass is 9.94. The molecule has 1 atom stereocenters. The quantitative estimate of drug-likeness (QED) is 0.845. The number of benzene rings is 1. The van der Waals surface area contributed by atoms with Crippen LogP contribution in [0.15, 0.2) is 18.2 Å². The van der Waals surface area contributed by atoms with Gasteiger partial charge in [0, 0.05) is 6.54 Å². The number of fused-ring (bicyclic) bond motifs is 1. The highest BCUT2D eigenvalue weighted by Gasteiger charge is 2.42. The summed E-state index contributed by atoms with van der Waals surface area (Å²) in [4.78, 5) is 0. The second-order valence-electron chi connectivity index (χ2n) is 3.74. The van der Waals surface area contributed by atoms with E-state index in [9.17, 15) is 13.2 Å². The first kappa shape index (κ1) is 14.1. The van der Waals surface area contributed by atoms with Crippen molar-refractivity contribution in [2.24, 2.45) is 0 Å². The van der Waals surface area contributed by atoms with Crippen molar-refractivity contribution in [1.82, 2.24) is 5.32 Å². The molecule has 1 aromatic rings. The summed E-state index contributed by atoms with van der Waals surface area (Å²) in [6.45, 7) is 0.351. The number of rotatable bonds is 1. The SMILES string of the molecule is COc1ccc2c(c1)C(C(F)(F)F)NCC2.Cl. The zero-order chi connectivity index (χ0) is 11.8. The summed E-state index contributed by atoms with van der Waals surface area (Å²) >= 11 is 0. The van der Waals surface area contributed by atoms with Crippen molar-refractivity contribution >= 4 is 12.4 Å². The Hall–Kier alpha value is -0.940. The zero-order valence-corrected chi connectivity index (χ0v) is 9.99. The predicted molar refractivity (Wildman–Crippen MR) is 60.7 cm³/mol. The van der Waals surface area contributed by atoms with E-state index in [1.807, 2.05) is 0 Å². The molecule has 1 unspecified atom stereocenters. The number of methoxy groups -OCH3 is 1. The molecule has 1 N–H and O–H groups in total. The fourth-order valence-electron chi connectivity index (χ4n) is 1.95. The lowest BCUT2D eigenvalue weighted by molar-refractivity contribution is -0.158. The van der Waals surface area contributed by atoms with Crippen LogP contribution in [0.4, 0.5) is 13.2 Å². The van der Waals surface area contributed by atoms with Gasteiger partial charge in [-0.25, -0.2) is 0 Å². The maximum Gasteiger partial charge on any atom is 0.407 e. The van der Waals surface area contributed by atoms with Gasteiger partial charge < -0.3 is 10.1 Å². The van der Waals surface area contributed by atoms with Crippen LogP contribution in [0.1, 0.15) is 17.2 Å². The van der Waals surface area contributed by atoms with E-state index in [0.717, 1.165) is 5.56 Å². The summed E-state index contributed by atoms with van der Waals surface area (Å²) in [6.07, 6.45) is -3.65. The van der Waals surface area contributed by atoms with Crippen LogP contribution in [0.5, 0.6) is 5.75 Å². The number of nitrogens with one attached hydrogen (secondary N) is 1. The van der Waals surface area contributed by atoms with Crippen molar-refractivity contribution in [1.29, 1.82) is 0 Å². The standard InChI is InChI=1S/C11H12F3NO.ClH/c1-16-8-3-2-7-4-5-15-10(9(7)6-8)11(12,13)14;/h2-3,6,10,15H,4-5H2,1H3;1H. The molecule has 0 aromatic heterocycles. The summed E-state index contributed by atoms with van der Waals surface area (Å²) in [5.41, 5.74) is 1.01. The number of hydrogen-bond donors (Lipinski definition) is 1. The van der Waals surface area contributed by atoms with Crippen molar-refractivity contribution in [2.75, 3.05) is 13.7 Å². The lowest BCUT2D eigenvalue weighted by Gasteiger charge is -2.28. The third-order valence-electron chi connectivity index (χ3n) is 2.73. The van der Waals surface area contributed by atoms with Gasteiger partial charge in [0.1, 0.15) is 11.8 Å². The Morgan fingerprint density at radius 3 is 2.65 bits per heavy atom. The Labute approximate surface area is 104 Å². The zero-order valence-electron chi connectivity index (χ0n) is 9.17. The van der Waals surface area contributed by atoms with E-state index < -0.39 is 12.2 Å². The van der Waals surface area contributed by atoms with E-state index in [0.29, 0.717) is 18.7 Å². The van der Waals surface area contributed by atoms with Gasteiger partial charge in [0.05, 0.1) is 7.11 Å². The summed E-state index contributed by atoms with van der Waals surface area (Å²) in [5.74, 6) is 0.455. The summed E-state index contributed by atoms with van der Waals surface area (Å²) in [7, 11) is 1.45. The average Bonchev–Trinajstić information content (AvgIpc) is 2.26. The van der Waals surface area contributed by atoms with Crippen molar-refractivity contribution < 1.29 is 17.9 Å². The molecule has 0 spiro atoms. The van der Waals surface area contributed by atoms with Crippen LogP contribution in [0.2, 0.25) is 0 Å². The van der Waals surface area contributed by atoms with Gasteiger partial charge in [0.15, 0.2) is 0 Å². The number of alkyl halides is 3. The monoisotopic (exact) mass is 267 g/mol. The number of hydrogen-bond acceptors (Lipinski definition) is 2. The maximum absolute atomic E-state index is 12.8. The van der Waals surface area contributed by atoms with Gasteiger partial charge in [-0.2, -0.15) is 13.2 Å². The molecule has 0 saturated heterocycles. The van der Waals surface area contributed by atoms with Crippen LogP contribution in [0.25, 0.3) is 0 Å². The molecule has 0 amide bonds. The summed E-state index contributed by atoms with van der Waals surface area (Å²) < 4.78 is 43.2. The number of ether oxygens (including phenoxy) is 1. The third kappa shape index (κ3) is 2.84. The summed E-state index contributed by atoms with van der Waals surface area (Å²) in [5, 5.41) is 2.49. The lowest BCUT2D eigenvalue weighted by Crippen LogP contribution is -2.39. The van der Waals surface area contributed by atoms with Crippen LogP contribution in [-0.2, 0) is 6.42 Å². The first-order valence-electron chi connectivity index (χ1n) is 4.99. The first-order chi connectivity index (χ1) is 7.52. The molecule has 0 fully saturated rings. The Kier molecular flexibility index (Phi) is 4.27. The minimum Gasteiger partial charge on any atom is -0.497 e. The molecule has 96 valence electrons. The molecule has 0 bridgehead atoms. The van der Waals surface area contributed by atoms with Crippen molar-refractivity contribution in [3.8, 4) is 5.75 Å². The number of halogens is 4. The fraction of sp³-hybridized carbons (Fsp3) is 0.455. The van der Waals surface area contributed by atoms with Gasteiger partial charge in [0.25, 0.3) is 0 Å². The summed E-state index contributed by atoms with van der Waals surface area (Å²) in [6, 6.07) is 3.27. The average molecular weight is 268 g/mol. The van der Waals surface area contributed by atoms with Crippen molar-refractivity contribution in [3.05, 3.63) is 29.3 Å². The molecule has 1 aliphatic rings. The largest absolute Gasteiger partial charge is 0.497 e. The molecule has 6 heteroatoms. The highest BCUT2D eigenvalue weighted by atomic mass is 35.5. The van der Waals surface area contributed by atoms with Gasteiger partial charge in [-0.3, -0.25) is 0 Å². The Morgan fingerprint density at radius 2 is 2.06 bits per heavy atom. The predicted octanol–water partition coefficient (Wildman–Crippen LogP) is 2.87. The second kappa shape index (κ2) is 5.14. The maximum atomic E-state index is 12.8. The molecule has 0 aliphatic carbocycles. The van der Waals surface area contributed by atoms with E-state index >= 15 is 0 Å². The molecule has 1 aromatic carbocycles. The van der Waals surface area contributed by atoms with E-state index in [-0.39, 0.29) is 18.0 Å². The Bertz CT molecular complexity index is 395. The molecule has 0 radical (unpaired) electrons. The third-order valence-corrected chi connectivity index (χ3v) is 2.73. The molecule has 1 heterocycles. The van der Waals surface area contributed by atoms with E-state index in [4.69, 9.17) is 4.74 Å². The van der Waals surface area contributed by atoms with Gasteiger partial charge in [0.2, 0.25) is 0 Å². The fourth-order valence-corrected chi connectivity index (χ4v) is 1.95. The van der Waals surface area contributed by atoms with Gasteiger partial charge in [-0.15, -0.1) is 12.4 Å². The van der Waals surface area contributed by atoms with Crippen LogP contribution >= 0.6 is 12.4 Å². The molecule has 2 nitrogen and oxygen atoms in total. The Morgan fingerprint density at radius 1 is 1.35 bits per heavy atom. The molecule has 1 aliphatic heterocycles. The molecule has 2 rings (SSSR count). The highest BCUT2D eigenvalue weighted by Crippen LogP contribution is 2.37. The minimum atomic E-state index is -4.26. The highest BCUT2D eigenvalue weighted by molar-refractivity contribution is 5.85. The van der Waals surface area contributed by atoms with Crippen LogP contribution in [0, 0.1) is 0 Å². The van der Waals surface area contributed by atoms with Crippen LogP contribution in [-0.4, -0.2) is 19.8 Å². The molecular formula is C11H13ClF3NO. The second-order valence-corrected chi connectivity index (χ2v) is 3.74. The topological polar surface area (TPSA) is 21.3 Å². The normalized spacial score (nSPS) is 19.2. The van der Waals surface area contributed by atoms with Crippen molar-refractivity contribution in [3.63, 3.8) is 0 Å². The van der Waals surface area contributed by atoms with E-state index in [1.54, 1.807) is 12.1 Å². The smallest absolute Gasteiger partial charge is 0.407 e. The Balaban J connectivity index is 0.00000144. The van der Waals surface area contributed by atoms with Crippen LogP contribution < -0.4 is 10.1 Å². The van der Waals surface area contributed by atoms with E-state index in [2.05, 4.69) is 5.32 Å². The molecular weight excluding hydrogens is 255 g/mol. The van der Waals surface area contributed by atoms with Crippen LogP contribution in [0.3, 0.4) is 0 Å². The molecule has 17 heavy (non-hydrogen) atoms. The van der Waals surface area contributed by atoms with E-state index in [1.165, 1.54) is 13.2 Å². The van der Waals surface area contributed by atoms with Crippen molar-refractivity contribution in [2.45, 2.75) is 18.6 Å². The van der Waals surface area contributed by atoms with Gasteiger partial charge in [-0.05, 0) is 29.7 Å². The first-order valence-corrected chi connectivity index (χ1v) is 4.99. The van der Waals surface area contributed by atoms with Gasteiger partial charge in [-0.1, -0.05) is 6.07 Å². The minimum absolute atomic E-state index is 0.